The van der Waals surface area contributed by atoms with Gasteiger partial charge in [-0.15, -0.1) is 6.58 Å². The fourth-order valence-corrected chi connectivity index (χ4v) is 2.30. The van der Waals surface area contributed by atoms with Crippen LogP contribution in [0.5, 0.6) is 0 Å². The van der Waals surface area contributed by atoms with Crippen molar-refractivity contribution in [2.45, 2.75) is 44.6 Å². The quantitative estimate of drug-likeness (QED) is 0.311. The van der Waals surface area contributed by atoms with Crippen LogP contribution >= 0.6 is 11.6 Å². The van der Waals surface area contributed by atoms with Gasteiger partial charge in [-0.3, -0.25) is 11.3 Å². The van der Waals surface area contributed by atoms with E-state index in [1.807, 2.05) is 6.08 Å². The molecule has 0 saturated heterocycles. The molecule has 1 rings (SSSR count). The first-order valence-corrected chi connectivity index (χ1v) is 7.06. The summed E-state index contributed by atoms with van der Waals surface area (Å²) in [5.74, 6) is 5.25. The Hall–Kier alpha value is -0.900. The average molecular weight is 285 g/mol. The summed E-state index contributed by atoms with van der Waals surface area (Å²) >= 11 is 6.01. The predicted molar refractivity (Wildman–Crippen MR) is 79.5 cm³/mol. The first-order valence-electron chi connectivity index (χ1n) is 6.68. The number of halogens is 2. The van der Waals surface area contributed by atoms with E-state index in [2.05, 4.69) is 12.0 Å². The van der Waals surface area contributed by atoms with Crippen molar-refractivity contribution in [2.24, 2.45) is 5.84 Å². The van der Waals surface area contributed by atoms with Gasteiger partial charge in [0.2, 0.25) is 0 Å². The highest BCUT2D eigenvalue weighted by atomic mass is 35.5. The number of hydrogen-bond acceptors (Lipinski definition) is 2. The van der Waals surface area contributed by atoms with Crippen LogP contribution in [0.25, 0.3) is 0 Å². The van der Waals surface area contributed by atoms with E-state index in [0.29, 0.717) is 5.02 Å². The second-order valence-electron chi connectivity index (χ2n) is 4.73. The Kier molecular flexibility index (Phi) is 7.72. The molecule has 1 aromatic carbocycles. The summed E-state index contributed by atoms with van der Waals surface area (Å²) < 4.78 is 13.0. The molecule has 0 amide bonds. The minimum absolute atomic E-state index is 0.173. The number of hydrazine groups is 1. The zero-order valence-electron chi connectivity index (χ0n) is 11.2. The molecule has 0 radical (unpaired) electrons. The Morgan fingerprint density at radius 2 is 2.16 bits per heavy atom. The van der Waals surface area contributed by atoms with E-state index < -0.39 is 0 Å². The minimum atomic E-state index is -0.310. The Labute approximate surface area is 119 Å². The zero-order chi connectivity index (χ0) is 14.1. The maximum Gasteiger partial charge on any atom is 0.124 e. The van der Waals surface area contributed by atoms with E-state index >= 15 is 0 Å². The van der Waals surface area contributed by atoms with E-state index in [9.17, 15) is 4.39 Å². The maximum atomic E-state index is 13.0. The predicted octanol–water partition coefficient (Wildman–Crippen LogP) is 3.99. The molecule has 0 heterocycles. The van der Waals surface area contributed by atoms with E-state index in [1.54, 1.807) is 6.07 Å². The Morgan fingerprint density at radius 1 is 1.37 bits per heavy atom. The second-order valence-corrected chi connectivity index (χ2v) is 5.14. The number of allylic oxidation sites excluding steroid dienone is 1. The van der Waals surface area contributed by atoms with Gasteiger partial charge in [-0.05, 0) is 43.4 Å². The average Bonchev–Trinajstić information content (AvgIpc) is 2.39. The SMILES string of the molecule is C=CCCCCCC(Cc1ccc(F)cc1Cl)NN. The van der Waals surface area contributed by atoms with Gasteiger partial charge in [0.1, 0.15) is 5.82 Å². The molecule has 3 N–H and O–H groups in total. The fraction of sp³-hybridized carbons (Fsp3) is 0.467. The first-order chi connectivity index (χ1) is 9.17. The molecule has 1 unspecified atom stereocenters. The van der Waals surface area contributed by atoms with E-state index in [4.69, 9.17) is 17.4 Å². The third-order valence-corrected chi connectivity index (χ3v) is 3.53. The largest absolute Gasteiger partial charge is 0.271 e. The third kappa shape index (κ3) is 6.19. The number of benzene rings is 1. The number of nitrogens with one attached hydrogen (secondary N) is 1. The molecule has 1 aromatic rings. The summed E-state index contributed by atoms with van der Waals surface area (Å²) in [7, 11) is 0. The Balaban J connectivity index is 2.40. The first kappa shape index (κ1) is 16.2. The van der Waals surface area contributed by atoms with Crippen molar-refractivity contribution in [3.63, 3.8) is 0 Å². The van der Waals surface area contributed by atoms with Crippen molar-refractivity contribution >= 4 is 11.6 Å². The lowest BCUT2D eigenvalue weighted by Crippen LogP contribution is -2.36. The van der Waals surface area contributed by atoms with Gasteiger partial charge in [0.25, 0.3) is 0 Å². The van der Waals surface area contributed by atoms with Crippen LogP contribution in [0.2, 0.25) is 5.02 Å². The van der Waals surface area contributed by atoms with Crippen molar-refractivity contribution in [2.75, 3.05) is 0 Å². The molecule has 2 nitrogen and oxygen atoms in total. The van der Waals surface area contributed by atoms with Gasteiger partial charge in [-0.2, -0.15) is 0 Å². The molecular weight excluding hydrogens is 263 g/mol. The van der Waals surface area contributed by atoms with Crippen molar-refractivity contribution in [3.8, 4) is 0 Å². The van der Waals surface area contributed by atoms with Crippen LogP contribution in [0, 0.1) is 5.82 Å². The summed E-state index contributed by atoms with van der Waals surface area (Å²) in [6.45, 7) is 3.70. The van der Waals surface area contributed by atoms with Crippen LogP contribution in [-0.2, 0) is 6.42 Å². The molecule has 0 aliphatic heterocycles. The van der Waals surface area contributed by atoms with Crippen molar-refractivity contribution in [1.82, 2.24) is 5.43 Å². The van der Waals surface area contributed by atoms with Crippen LogP contribution in [0.15, 0.2) is 30.9 Å². The summed E-state index contributed by atoms with van der Waals surface area (Å²) in [6.07, 6.45) is 8.15. The number of hydrogen-bond donors (Lipinski definition) is 2. The molecule has 1 atom stereocenters. The molecule has 0 aliphatic rings. The topological polar surface area (TPSA) is 38.0 Å². The van der Waals surface area contributed by atoms with Crippen molar-refractivity contribution in [3.05, 3.63) is 47.3 Å². The summed E-state index contributed by atoms with van der Waals surface area (Å²) in [5, 5.41) is 0.465. The molecule has 0 aromatic heterocycles. The highest BCUT2D eigenvalue weighted by molar-refractivity contribution is 6.31. The van der Waals surface area contributed by atoms with Crippen molar-refractivity contribution < 1.29 is 4.39 Å². The normalized spacial score (nSPS) is 12.4. The smallest absolute Gasteiger partial charge is 0.124 e. The van der Waals surface area contributed by atoms with Crippen LogP contribution in [0.3, 0.4) is 0 Å². The van der Waals surface area contributed by atoms with Crippen molar-refractivity contribution in [1.29, 1.82) is 0 Å². The summed E-state index contributed by atoms with van der Waals surface area (Å²) in [4.78, 5) is 0. The fourth-order valence-electron chi connectivity index (χ4n) is 2.05. The van der Waals surface area contributed by atoms with Crippen LogP contribution in [0.4, 0.5) is 4.39 Å². The Morgan fingerprint density at radius 3 is 2.79 bits per heavy atom. The van der Waals surface area contributed by atoms with Gasteiger partial charge < -0.3 is 0 Å². The molecule has 0 saturated carbocycles. The second kappa shape index (κ2) is 9.08. The van der Waals surface area contributed by atoms with E-state index in [1.165, 1.54) is 18.6 Å². The molecule has 0 spiro atoms. The van der Waals surface area contributed by atoms with Gasteiger partial charge in [-0.1, -0.05) is 36.6 Å². The molecular formula is C15H22ClFN2. The molecule has 106 valence electrons. The van der Waals surface area contributed by atoms with Crippen LogP contribution in [-0.4, -0.2) is 6.04 Å². The van der Waals surface area contributed by atoms with E-state index in [-0.39, 0.29) is 11.9 Å². The summed E-state index contributed by atoms with van der Waals surface area (Å²) in [6, 6.07) is 4.67. The standard InChI is InChI=1S/C15H22ClFN2/c1-2-3-4-5-6-7-14(19-18)10-12-8-9-13(17)11-15(12)16/h2,8-9,11,14,19H,1,3-7,10,18H2. The Bertz CT molecular complexity index is 396. The van der Waals surface area contributed by atoms with E-state index in [0.717, 1.165) is 37.7 Å². The lowest BCUT2D eigenvalue weighted by molar-refractivity contribution is 0.464. The zero-order valence-corrected chi connectivity index (χ0v) is 11.9. The molecule has 4 heteroatoms. The number of nitrogens with two attached hydrogens (primary N) is 1. The van der Waals surface area contributed by atoms with Gasteiger partial charge >= 0.3 is 0 Å². The monoisotopic (exact) mass is 284 g/mol. The van der Waals surface area contributed by atoms with Crippen LogP contribution < -0.4 is 11.3 Å². The summed E-state index contributed by atoms with van der Waals surface area (Å²) in [5.41, 5.74) is 3.74. The van der Waals surface area contributed by atoms with Gasteiger partial charge in [0.15, 0.2) is 0 Å². The lowest BCUT2D eigenvalue weighted by atomic mass is 10.0. The van der Waals surface area contributed by atoms with Crippen LogP contribution in [0.1, 0.15) is 37.7 Å². The highest BCUT2D eigenvalue weighted by Crippen LogP contribution is 2.20. The molecule has 19 heavy (non-hydrogen) atoms. The molecule has 0 bridgehead atoms. The minimum Gasteiger partial charge on any atom is -0.271 e. The molecule has 0 fully saturated rings. The van der Waals surface area contributed by atoms with Gasteiger partial charge in [0, 0.05) is 11.1 Å². The lowest BCUT2D eigenvalue weighted by Gasteiger charge is -2.16. The highest BCUT2D eigenvalue weighted by Gasteiger charge is 2.10. The van der Waals surface area contributed by atoms with Gasteiger partial charge in [0.05, 0.1) is 0 Å². The third-order valence-electron chi connectivity index (χ3n) is 3.18. The molecule has 0 aliphatic carbocycles. The maximum absolute atomic E-state index is 13.0. The number of unbranched alkanes of at least 4 members (excludes halogenated alkanes) is 3. The number of rotatable bonds is 9. The van der Waals surface area contributed by atoms with Gasteiger partial charge in [-0.25, -0.2) is 4.39 Å².